The first kappa shape index (κ1) is 23.7. The van der Waals surface area contributed by atoms with Crippen LogP contribution in [0.4, 0.5) is 10.1 Å². The highest BCUT2D eigenvalue weighted by atomic mass is 32.2. The van der Waals surface area contributed by atoms with Gasteiger partial charge in [0.2, 0.25) is 21.9 Å². The van der Waals surface area contributed by atoms with E-state index >= 15 is 0 Å². The molecule has 1 unspecified atom stereocenters. The molecule has 1 amide bonds. The number of aryl methyl sites for hydroxylation is 1. The van der Waals surface area contributed by atoms with Gasteiger partial charge in [-0.15, -0.1) is 0 Å². The number of halogens is 1. The van der Waals surface area contributed by atoms with Gasteiger partial charge in [-0.1, -0.05) is 12.1 Å². The summed E-state index contributed by atoms with van der Waals surface area (Å²) in [4.78, 5) is 29.7. The van der Waals surface area contributed by atoms with E-state index in [2.05, 4.69) is 9.88 Å². The minimum Gasteiger partial charge on any atom is -0.393 e. The molecule has 1 aromatic carbocycles. The summed E-state index contributed by atoms with van der Waals surface area (Å²) in [5.41, 5.74) is 15.4. The van der Waals surface area contributed by atoms with E-state index in [9.17, 15) is 22.4 Å². The maximum atomic E-state index is 13.0. The predicted molar refractivity (Wildman–Crippen MR) is 113 cm³/mol. The van der Waals surface area contributed by atoms with Crippen molar-refractivity contribution >= 4 is 27.6 Å². The molecule has 0 radical (unpaired) electrons. The molecule has 2 rings (SSSR count). The summed E-state index contributed by atoms with van der Waals surface area (Å²) in [6, 6.07) is 6.51. The normalized spacial score (nSPS) is 12.1. The average Bonchev–Trinajstić information content (AvgIpc) is 2.67. The Bertz CT molecular complexity index is 1130. The molecule has 0 aliphatic carbocycles. The number of nitrogens with one attached hydrogen (secondary N) is 1. The highest BCUT2D eigenvalue weighted by molar-refractivity contribution is 7.91. The predicted octanol–water partition coefficient (Wildman–Crippen LogP) is -0.141. The second-order valence-electron chi connectivity index (χ2n) is 6.61. The van der Waals surface area contributed by atoms with Gasteiger partial charge < -0.3 is 22.0 Å². The standard InChI is InChI=1S/C18H23FN6O5S/c1-11-2-7-14(24-31(28,29)10-12-3-5-13(19)6-4-12)17(27)25(11)15(16(20)26)8-9-30-23-18(21)22/h2-7,15,24H,8-10H2,1H3,(H2,20,26)(H4,21,22,23). The minimum absolute atomic E-state index is 0.0430. The smallest absolute Gasteiger partial charge is 0.275 e. The number of pyridine rings is 1. The van der Waals surface area contributed by atoms with Gasteiger partial charge in [0.25, 0.3) is 5.56 Å². The lowest BCUT2D eigenvalue weighted by molar-refractivity contribution is -0.121. The Kier molecular flexibility index (Phi) is 7.58. The fourth-order valence-corrected chi connectivity index (χ4v) is 3.99. The van der Waals surface area contributed by atoms with Crippen LogP contribution in [0.5, 0.6) is 0 Å². The van der Waals surface area contributed by atoms with Crippen LogP contribution < -0.4 is 27.5 Å². The van der Waals surface area contributed by atoms with Crippen LogP contribution in [0.1, 0.15) is 23.7 Å². The summed E-state index contributed by atoms with van der Waals surface area (Å²) in [6.07, 6.45) is -0.0430. The zero-order valence-electron chi connectivity index (χ0n) is 16.6. The van der Waals surface area contributed by atoms with Crippen molar-refractivity contribution in [1.82, 2.24) is 4.57 Å². The number of nitrogens with zero attached hydrogens (tertiary/aromatic N) is 2. The number of sulfonamides is 1. The Morgan fingerprint density at radius 2 is 1.84 bits per heavy atom. The molecule has 7 N–H and O–H groups in total. The Morgan fingerprint density at radius 1 is 1.19 bits per heavy atom. The van der Waals surface area contributed by atoms with Gasteiger partial charge >= 0.3 is 0 Å². The van der Waals surface area contributed by atoms with E-state index < -0.39 is 39.1 Å². The summed E-state index contributed by atoms with van der Waals surface area (Å²) in [5.74, 6) is -2.13. The highest BCUT2D eigenvalue weighted by Crippen LogP contribution is 2.16. The third kappa shape index (κ3) is 6.70. The average molecular weight is 454 g/mol. The van der Waals surface area contributed by atoms with Gasteiger partial charge in [0.05, 0.1) is 5.75 Å². The van der Waals surface area contributed by atoms with Crippen molar-refractivity contribution in [1.29, 1.82) is 0 Å². The van der Waals surface area contributed by atoms with Crippen molar-refractivity contribution in [2.45, 2.75) is 25.1 Å². The number of hydrogen-bond donors (Lipinski definition) is 4. The number of guanidine groups is 1. The van der Waals surface area contributed by atoms with Crippen molar-refractivity contribution in [3.05, 3.63) is 63.8 Å². The Morgan fingerprint density at radius 3 is 2.42 bits per heavy atom. The molecule has 11 nitrogen and oxygen atoms in total. The van der Waals surface area contributed by atoms with Crippen molar-refractivity contribution in [3.8, 4) is 0 Å². The van der Waals surface area contributed by atoms with E-state index in [-0.39, 0.29) is 24.7 Å². The van der Waals surface area contributed by atoms with E-state index in [1.54, 1.807) is 6.92 Å². The lowest BCUT2D eigenvalue weighted by atomic mass is 10.1. The van der Waals surface area contributed by atoms with Crippen molar-refractivity contribution in [2.24, 2.45) is 22.4 Å². The zero-order valence-corrected chi connectivity index (χ0v) is 17.4. The fourth-order valence-electron chi connectivity index (χ4n) is 2.80. The van der Waals surface area contributed by atoms with Gasteiger partial charge in [-0.2, -0.15) is 0 Å². The van der Waals surface area contributed by atoms with Crippen molar-refractivity contribution in [2.75, 3.05) is 11.3 Å². The molecular formula is C18H23FN6O5S. The summed E-state index contributed by atoms with van der Waals surface area (Å²) in [6.45, 7) is 1.43. The first-order chi connectivity index (χ1) is 14.5. The zero-order chi connectivity index (χ0) is 23.2. The van der Waals surface area contributed by atoms with Crippen LogP contribution in [0.25, 0.3) is 0 Å². The SMILES string of the molecule is Cc1ccc(NS(=O)(=O)Cc2ccc(F)cc2)c(=O)n1C(CCON=C(N)N)C(N)=O. The first-order valence-corrected chi connectivity index (χ1v) is 10.6. The number of aromatic nitrogens is 1. The molecule has 2 aromatic rings. The summed E-state index contributed by atoms with van der Waals surface area (Å²) >= 11 is 0. The molecule has 0 aliphatic heterocycles. The van der Waals surface area contributed by atoms with Gasteiger partial charge in [-0.25, -0.2) is 12.8 Å². The van der Waals surface area contributed by atoms with Gasteiger partial charge in [-0.3, -0.25) is 18.9 Å². The van der Waals surface area contributed by atoms with Crippen molar-refractivity contribution in [3.63, 3.8) is 0 Å². The van der Waals surface area contributed by atoms with E-state index in [0.717, 1.165) is 16.7 Å². The van der Waals surface area contributed by atoms with Crippen molar-refractivity contribution < 1.29 is 22.4 Å². The van der Waals surface area contributed by atoms with Crippen LogP contribution in [0.2, 0.25) is 0 Å². The Balaban J connectivity index is 2.29. The Labute approximate surface area is 177 Å². The second-order valence-corrected chi connectivity index (χ2v) is 8.33. The molecule has 0 fully saturated rings. The maximum Gasteiger partial charge on any atom is 0.275 e. The number of nitrogens with two attached hydrogens (primary N) is 3. The first-order valence-electron chi connectivity index (χ1n) is 8.97. The number of primary amides is 1. The van der Waals surface area contributed by atoms with E-state index in [0.29, 0.717) is 11.3 Å². The lowest BCUT2D eigenvalue weighted by Crippen LogP contribution is -2.37. The summed E-state index contributed by atoms with van der Waals surface area (Å²) < 4.78 is 41.2. The van der Waals surface area contributed by atoms with Crippen LogP contribution >= 0.6 is 0 Å². The maximum absolute atomic E-state index is 13.0. The minimum atomic E-state index is -4.00. The third-order valence-electron chi connectivity index (χ3n) is 4.15. The molecule has 1 heterocycles. The number of hydrogen-bond acceptors (Lipinski definition) is 6. The third-order valence-corrected chi connectivity index (χ3v) is 5.39. The van der Waals surface area contributed by atoms with Crippen LogP contribution in [-0.2, 0) is 25.4 Å². The van der Waals surface area contributed by atoms with E-state index in [1.165, 1.54) is 24.3 Å². The highest BCUT2D eigenvalue weighted by Gasteiger charge is 2.23. The molecule has 31 heavy (non-hydrogen) atoms. The number of rotatable bonds is 10. The Hall–Kier alpha value is -3.61. The number of carbonyl (C=O) groups is 1. The number of anilines is 1. The van der Waals surface area contributed by atoms with Gasteiger partial charge in [0.1, 0.15) is 24.2 Å². The van der Waals surface area contributed by atoms with Gasteiger partial charge in [0.15, 0.2) is 0 Å². The second kappa shape index (κ2) is 9.93. The monoisotopic (exact) mass is 454 g/mol. The molecule has 0 saturated carbocycles. The van der Waals surface area contributed by atoms with Crippen LogP contribution in [-0.4, -0.2) is 31.5 Å². The van der Waals surface area contributed by atoms with Gasteiger partial charge in [-0.05, 0) is 41.9 Å². The molecular weight excluding hydrogens is 431 g/mol. The summed E-state index contributed by atoms with van der Waals surface area (Å²) in [5, 5.41) is 3.32. The molecule has 0 spiro atoms. The van der Waals surface area contributed by atoms with Crippen LogP contribution in [0.3, 0.4) is 0 Å². The number of carbonyl (C=O) groups excluding carboxylic acids is 1. The number of amides is 1. The fraction of sp³-hybridized carbons (Fsp3) is 0.278. The molecule has 1 aromatic heterocycles. The summed E-state index contributed by atoms with van der Waals surface area (Å²) in [7, 11) is -4.00. The number of oxime groups is 1. The molecule has 0 bridgehead atoms. The van der Waals surface area contributed by atoms with Gasteiger partial charge in [0, 0.05) is 12.1 Å². The largest absolute Gasteiger partial charge is 0.393 e. The molecule has 0 aliphatic rings. The lowest BCUT2D eigenvalue weighted by Gasteiger charge is -2.20. The molecule has 168 valence electrons. The van der Waals surface area contributed by atoms with Crippen LogP contribution in [0, 0.1) is 12.7 Å². The van der Waals surface area contributed by atoms with E-state index in [4.69, 9.17) is 22.0 Å². The quantitative estimate of drug-likeness (QED) is 0.166. The molecule has 13 heteroatoms. The van der Waals surface area contributed by atoms with E-state index in [1.807, 2.05) is 0 Å². The topological polar surface area (TPSA) is 185 Å². The van der Waals surface area contributed by atoms with Crippen LogP contribution in [0.15, 0.2) is 46.3 Å². The molecule has 0 saturated heterocycles. The number of benzene rings is 1. The molecule has 1 atom stereocenters.